The van der Waals surface area contributed by atoms with Crippen molar-refractivity contribution in [3.63, 3.8) is 0 Å². The molecule has 0 aliphatic carbocycles. The van der Waals surface area contributed by atoms with Gasteiger partial charge in [0, 0.05) is 11.8 Å². The molecule has 1 amide bonds. The van der Waals surface area contributed by atoms with E-state index in [0.29, 0.717) is 35.7 Å². The van der Waals surface area contributed by atoms with Gasteiger partial charge in [0.25, 0.3) is 5.91 Å². The van der Waals surface area contributed by atoms with E-state index in [-0.39, 0.29) is 24.4 Å². The standard InChI is InChI=1S/C17H21N3O4S.ClH/c1-10(2)24-14-5-4-11(17(22)23-3)8-12(14)20-16(21)13-9-25-15(19-13)6-7-18;/h4-5,8-10H,6-7,18H2,1-3H3,(H,20,21);1H. The minimum atomic E-state index is -0.495. The molecule has 1 aromatic heterocycles. The summed E-state index contributed by atoms with van der Waals surface area (Å²) in [5.74, 6) is -0.408. The van der Waals surface area contributed by atoms with Crippen molar-refractivity contribution in [2.45, 2.75) is 26.4 Å². The van der Waals surface area contributed by atoms with Gasteiger partial charge in [-0.3, -0.25) is 4.79 Å². The highest BCUT2D eigenvalue weighted by Gasteiger charge is 2.16. The van der Waals surface area contributed by atoms with Crippen molar-refractivity contribution >= 4 is 41.3 Å². The van der Waals surface area contributed by atoms with Gasteiger partial charge in [0.1, 0.15) is 11.4 Å². The molecule has 2 rings (SSSR count). The molecule has 0 saturated carbocycles. The molecular formula is C17H22ClN3O4S. The lowest BCUT2D eigenvalue weighted by Gasteiger charge is -2.15. The molecule has 0 aliphatic heterocycles. The number of methoxy groups -OCH3 is 1. The Morgan fingerprint density at radius 2 is 2.08 bits per heavy atom. The lowest BCUT2D eigenvalue weighted by molar-refractivity contribution is 0.0600. The van der Waals surface area contributed by atoms with Crippen LogP contribution in [0.15, 0.2) is 23.6 Å². The van der Waals surface area contributed by atoms with Crippen LogP contribution in [0.3, 0.4) is 0 Å². The molecule has 1 aromatic carbocycles. The van der Waals surface area contributed by atoms with Gasteiger partial charge in [-0.05, 0) is 38.6 Å². The number of benzene rings is 1. The predicted molar refractivity (Wildman–Crippen MR) is 104 cm³/mol. The van der Waals surface area contributed by atoms with Crippen LogP contribution >= 0.6 is 23.7 Å². The number of thiazole rings is 1. The maximum atomic E-state index is 12.5. The van der Waals surface area contributed by atoms with Crippen molar-refractivity contribution < 1.29 is 19.1 Å². The van der Waals surface area contributed by atoms with Gasteiger partial charge in [-0.25, -0.2) is 9.78 Å². The van der Waals surface area contributed by atoms with Gasteiger partial charge in [0.15, 0.2) is 0 Å². The Balaban J connectivity index is 0.00000338. The van der Waals surface area contributed by atoms with Crippen molar-refractivity contribution in [3.8, 4) is 5.75 Å². The minimum Gasteiger partial charge on any atom is -0.489 e. The van der Waals surface area contributed by atoms with Crippen LogP contribution in [0.25, 0.3) is 0 Å². The fraction of sp³-hybridized carbons (Fsp3) is 0.353. The summed E-state index contributed by atoms with van der Waals surface area (Å²) >= 11 is 1.38. The highest BCUT2D eigenvalue weighted by Crippen LogP contribution is 2.28. The van der Waals surface area contributed by atoms with E-state index in [9.17, 15) is 9.59 Å². The number of halogens is 1. The third-order valence-electron chi connectivity index (χ3n) is 3.15. The average molecular weight is 400 g/mol. The summed E-state index contributed by atoms with van der Waals surface area (Å²) in [5, 5.41) is 5.22. The number of carbonyl (C=O) groups excluding carboxylic acids is 2. The monoisotopic (exact) mass is 399 g/mol. The summed E-state index contributed by atoms with van der Waals surface area (Å²) in [5.41, 5.74) is 6.50. The fourth-order valence-corrected chi connectivity index (χ4v) is 2.86. The third-order valence-corrected chi connectivity index (χ3v) is 4.06. The summed E-state index contributed by atoms with van der Waals surface area (Å²) in [6.45, 7) is 4.22. The van der Waals surface area contributed by atoms with Crippen LogP contribution in [-0.2, 0) is 11.2 Å². The first-order valence-electron chi connectivity index (χ1n) is 7.79. The van der Waals surface area contributed by atoms with Gasteiger partial charge in [-0.15, -0.1) is 23.7 Å². The van der Waals surface area contributed by atoms with Crippen molar-refractivity contribution in [1.82, 2.24) is 4.98 Å². The molecule has 0 bridgehead atoms. The number of hydrogen-bond donors (Lipinski definition) is 2. The van der Waals surface area contributed by atoms with Crippen LogP contribution in [-0.4, -0.2) is 36.6 Å². The zero-order valence-electron chi connectivity index (χ0n) is 14.8. The van der Waals surface area contributed by atoms with E-state index in [1.165, 1.54) is 24.5 Å². The van der Waals surface area contributed by atoms with E-state index in [0.717, 1.165) is 5.01 Å². The normalized spacial score (nSPS) is 10.2. The second-order valence-corrected chi connectivity index (χ2v) is 6.43. The Kier molecular flexibility index (Phi) is 8.50. The molecule has 0 atom stereocenters. The third kappa shape index (κ3) is 5.69. The van der Waals surface area contributed by atoms with Crippen LogP contribution in [0, 0.1) is 0 Å². The Morgan fingerprint density at radius 3 is 2.69 bits per heavy atom. The first-order chi connectivity index (χ1) is 11.9. The van der Waals surface area contributed by atoms with E-state index >= 15 is 0 Å². The zero-order valence-corrected chi connectivity index (χ0v) is 16.4. The Bertz CT molecular complexity index is 764. The molecule has 7 nitrogen and oxygen atoms in total. The number of hydrogen-bond acceptors (Lipinski definition) is 7. The van der Waals surface area contributed by atoms with E-state index in [2.05, 4.69) is 10.3 Å². The molecule has 0 fully saturated rings. The Hall–Kier alpha value is -2.16. The van der Waals surface area contributed by atoms with Crippen molar-refractivity contribution in [2.75, 3.05) is 19.0 Å². The molecule has 0 aliphatic rings. The van der Waals surface area contributed by atoms with E-state index < -0.39 is 5.97 Å². The van der Waals surface area contributed by atoms with Crippen LogP contribution in [0.1, 0.15) is 39.7 Å². The van der Waals surface area contributed by atoms with Gasteiger partial charge in [-0.2, -0.15) is 0 Å². The van der Waals surface area contributed by atoms with E-state index in [1.807, 2.05) is 13.8 Å². The summed E-state index contributed by atoms with van der Waals surface area (Å²) in [4.78, 5) is 28.4. The SMILES string of the molecule is COC(=O)c1ccc(OC(C)C)c(NC(=O)c2csc(CCN)n2)c1.Cl. The first kappa shape index (κ1) is 21.9. The smallest absolute Gasteiger partial charge is 0.337 e. The van der Waals surface area contributed by atoms with Crippen LogP contribution in [0.5, 0.6) is 5.75 Å². The fourth-order valence-electron chi connectivity index (χ4n) is 2.07. The number of nitrogens with two attached hydrogens (primary N) is 1. The van der Waals surface area contributed by atoms with Crippen LogP contribution < -0.4 is 15.8 Å². The highest BCUT2D eigenvalue weighted by atomic mass is 35.5. The number of nitrogens with one attached hydrogen (secondary N) is 1. The number of aromatic nitrogens is 1. The lowest BCUT2D eigenvalue weighted by atomic mass is 10.1. The molecule has 1 heterocycles. The number of ether oxygens (including phenoxy) is 2. The second-order valence-electron chi connectivity index (χ2n) is 5.49. The van der Waals surface area contributed by atoms with Crippen molar-refractivity contribution in [3.05, 3.63) is 39.8 Å². The molecule has 9 heteroatoms. The number of esters is 1. The summed E-state index contributed by atoms with van der Waals surface area (Å²) in [7, 11) is 1.30. The lowest BCUT2D eigenvalue weighted by Crippen LogP contribution is -2.16. The number of carbonyl (C=O) groups is 2. The van der Waals surface area contributed by atoms with Crippen LogP contribution in [0.4, 0.5) is 5.69 Å². The summed E-state index contributed by atoms with van der Waals surface area (Å²) in [6, 6.07) is 4.73. The van der Waals surface area contributed by atoms with Gasteiger partial charge >= 0.3 is 5.97 Å². The quantitative estimate of drug-likeness (QED) is 0.694. The molecule has 142 valence electrons. The highest BCUT2D eigenvalue weighted by molar-refractivity contribution is 7.09. The Morgan fingerprint density at radius 1 is 1.35 bits per heavy atom. The van der Waals surface area contributed by atoms with Gasteiger partial charge < -0.3 is 20.5 Å². The Labute approximate surface area is 162 Å². The maximum Gasteiger partial charge on any atom is 0.337 e. The number of nitrogens with zero attached hydrogens (tertiary/aromatic N) is 1. The molecule has 0 saturated heterocycles. The topological polar surface area (TPSA) is 104 Å². The molecule has 0 unspecified atom stereocenters. The van der Waals surface area contributed by atoms with Crippen LogP contribution in [0.2, 0.25) is 0 Å². The second kappa shape index (κ2) is 10.1. The number of amides is 1. The number of anilines is 1. The van der Waals surface area contributed by atoms with E-state index in [1.54, 1.807) is 17.5 Å². The molecule has 0 radical (unpaired) electrons. The number of rotatable bonds is 7. The van der Waals surface area contributed by atoms with Crippen molar-refractivity contribution in [1.29, 1.82) is 0 Å². The van der Waals surface area contributed by atoms with Gasteiger partial charge in [0.05, 0.1) is 29.5 Å². The average Bonchev–Trinajstić information content (AvgIpc) is 3.04. The van der Waals surface area contributed by atoms with E-state index in [4.69, 9.17) is 15.2 Å². The molecule has 26 heavy (non-hydrogen) atoms. The van der Waals surface area contributed by atoms with Crippen molar-refractivity contribution in [2.24, 2.45) is 5.73 Å². The van der Waals surface area contributed by atoms with Gasteiger partial charge in [0.2, 0.25) is 0 Å². The summed E-state index contributed by atoms with van der Waals surface area (Å²) < 4.78 is 10.4. The first-order valence-corrected chi connectivity index (χ1v) is 8.67. The predicted octanol–water partition coefficient (Wildman–Crippen LogP) is 2.89. The zero-order chi connectivity index (χ0) is 18.4. The van der Waals surface area contributed by atoms with Gasteiger partial charge in [-0.1, -0.05) is 0 Å². The molecule has 3 N–H and O–H groups in total. The summed E-state index contributed by atoms with van der Waals surface area (Å²) in [6.07, 6.45) is 0.535. The maximum absolute atomic E-state index is 12.5. The minimum absolute atomic E-state index is 0. The molecule has 2 aromatic rings. The largest absolute Gasteiger partial charge is 0.489 e. The molecule has 0 spiro atoms. The molecular weight excluding hydrogens is 378 g/mol.